The van der Waals surface area contributed by atoms with E-state index >= 15 is 0 Å². The molecule has 198 valence electrons. The van der Waals surface area contributed by atoms with Crippen molar-refractivity contribution in [3.8, 4) is 0 Å². The molecule has 0 unspecified atom stereocenters. The Balaban J connectivity index is 1.52. The second-order valence-electron chi connectivity index (χ2n) is 9.02. The van der Waals surface area contributed by atoms with E-state index in [1.807, 2.05) is 42.5 Å². The van der Waals surface area contributed by atoms with Crippen molar-refractivity contribution in [1.82, 2.24) is 10.2 Å². The highest BCUT2D eigenvalue weighted by molar-refractivity contribution is 5.91. The predicted octanol–water partition coefficient (Wildman–Crippen LogP) is 3.98. The van der Waals surface area contributed by atoms with Crippen molar-refractivity contribution < 1.29 is 32.3 Å². The molecule has 1 aliphatic rings. The number of alkyl halides is 3. The van der Waals surface area contributed by atoms with E-state index < -0.39 is 41.7 Å². The minimum absolute atomic E-state index is 0.00557. The lowest BCUT2D eigenvalue weighted by atomic mass is 9.93. The first kappa shape index (κ1) is 26.7. The van der Waals surface area contributed by atoms with Crippen molar-refractivity contribution in [2.45, 2.75) is 44.3 Å². The molecule has 3 amide bonds. The molecule has 38 heavy (non-hydrogen) atoms. The molecule has 0 aliphatic carbocycles. The average molecular weight is 526 g/mol. The van der Waals surface area contributed by atoms with Gasteiger partial charge in [-0.3, -0.25) is 14.5 Å². The number of primary amides is 1. The molecule has 0 spiro atoms. The molecule has 3 aromatic carbocycles. The maximum absolute atomic E-state index is 13.4. The second-order valence-corrected chi connectivity index (χ2v) is 9.02. The molecule has 0 saturated carbocycles. The van der Waals surface area contributed by atoms with Gasteiger partial charge in [0.05, 0.1) is 12.1 Å². The average Bonchev–Trinajstić information content (AvgIpc) is 2.90. The first-order valence-electron chi connectivity index (χ1n) is 11.9. The molecular weight excluding hydrogens is 499 g/mol. The summed E-state index contributed by atoms with van der Waals surface area (Å²) in [7, 11) is 0. The van der Waals surface area contributed by atoms with E-state index in [9.17, 15) is 27.6 Å². The van der Waals surface area contributed by atoms with E-state index in [1.165, 1.54) is 17.0 Å². The van der Waals surface area contributed by atoms with Gasteiger partial charge in [-0.15, -0.1) is 0 Å². The summed E-state index contributed by atoms with van der Waals surface area (Å²) in [6, 6.07) is 18.6. The molecule has 3 aromatic rings. The smallest absolute Gasteiger partial charge is 0.416 e. The minimum Gasteiger partial charge on any atom is -0.445 e. The van der Waals surface area contributed by atoms with E-state index in [1.54, 1.807) is 12.1 Å². The maximum Gasteiger partial charge on any atom is 0.416 e. The molecule has 0 aromatic heterocycles. The number of nitrogens with one attached hydrogen (secondary N) is 1. The topological polar surface area (TPSA) is 102 Å². The summed E-state index contributed by atoms with van der Waals surface area (Å²) >= 11 is 0. The van der Waals surface area contributed by atoms with E-state index in [-0.39, 0.29) is 31.6 Å². The van der Waals surface area contributed by atoms with Gasteiger partial charge in [-0.05, 0) is 28.3 Å². The highest BCUT2D eigenvalue weighted by Crippen LogP contribution is 2.30. The number of halogens is 3. The SMILES string of the molecule is NC(=O)[C@H](Cc1cccc(C(F)(F)F)c1)NC(=O)[C@@H]1Cc2ccccc2CN1C(=O)OCc1ccccc1. The summed E-state index contributed by atoms with van der Waals surface area (Å²) in [6.45, 7) is 0.113. The maximum atomic E-state index is 13.4. The van der Waals surface area contributed by atoms with Gasteiger partial charge in [0.15, 0.2) is 0 Å². The summed E-state index contributed by atoms with van der Waals surface area (Å²) in [6.07, 6.45) is -5.35. The van der Waals surface area contributed by atoms with Crippen LogP contribution in [0.1, 0.15) is 27.8 Å². The van der Waals surface area contributed by atoms with Crippen LogP contribution in [-0.2, 0) is 46.5 Å². The van der Waals surface area contributed by atoms with Crippen molar-refractivity contribution in [2.24, 2.45) is 5.73 Å². The molecule has 7 nitrogen and oxygen atoms in total. The number of nitrogens with two attached hydrogens (primary N) is 1. The fourth-order valence-corrected chi connectivity index (χ4v) is 4.35. The number of hydrogen-bond acceptors (Lipinski definition) is 4. The third-order valence-corrected chi connectivity index (χ3v) is 6.34. The van der Waals surface area contributed by atoms with Crippen LogP contribution in [-0.4, -0.2) is 34.9 Å². The quantitative estimate of drug-likeness (QED) is 0.487. The first-order valence-corrected chi connectivity index (χ1v) is 11.9. The summed E-state index contributed by atoms with van der Waals surface area (Å²) in [4.78, 5) is 39.9. The van der Waals surface area contributed by atoms with Gasteiger partial charge in [0.25, 0.3) is 0 Å². The van der Waals surface area contributed by atoms with Crippen LogP contribution in [0, 0.1) is 0 Å². The molecule has 2 atom stereocenters. The molecule has 10 heteroatoms. The summed E-state index contributed by atoms with van der Waals surface area (Å²) in [5.41, 5.74) is 7.27. The van der Waals surface area contributed by atoms with Gasteiger partial charge in [-0.1, -0.05) is 72.8 Å². The monoisotopic (exact) mass is 525 g/mol. The van der Waals surface area contributed by atoms with Gasteiger partial charge in [-0.25, -0.2) is 4.79 Å². The number of benzene rings is 3. The lowest BCUT2D eigenvalue weighted by Gasteiger charge is -2.35. The van der Waals surface area contributed by atoms with Crippen LogP contribution in [0.2, 0.25) is 0 Å². The molecular formula is C28H26F3N3O4. The van der Waals surface area contributed by atoms with E-state index in [4.69, 9.17) is 10.5 Å². The zero-order valence-corrected chi connectivity index (χ0v) is 20.3. The molecule has 0 saturated heterocycles. The van der Waals surface area contributed by atoms with Crippen LogP contribution in [0.25, 0.3) is 0 Å². The van der Waals surface area contributed by atoms with E-state index in [0.717, 1.165) is 28.8 Å². The third-order valence-electron chi connectivity index (χ3n) is 6.34. The lowest BCUT2D eigenvalue weighted by molar-refractivity contribution is -0.137. The normalized spacial score (nSPS) is 15.8. The zero-order chi connectivity index (χ0) is 27.3. The summed E-state index contributed by atoms with van der Waals surface area (Å²) in [5, 5.41) is 2.54. The Kier molecular flexibility index (Phi) is 7.99. The largest absolute Gasteiger partial charge is 0.445 e. The van der Waals surface area contributed by atoms with E-state index in [0.29, 0.717) is 0 Å². The summed E-state index contributed by atoms with van der Waals surface area (Å²) in [5.74, 6) is -1.57. The van der Waals surface area contributed by atoms with Crippen LogP contribution in [0.3, 0.4) is 0 Å². The molecule has 1 aliphatic heterocycles. The number of ether oxygens (including phenoxy) is 1. The lowest BCUT2D eigenvalue weighted by Crippen LogP contribution is -2.56. The van der Waals surface area contributed by atoms with E-state index in [2.05, 4.69) is 5.32 Å². The van der Waals surface area contributed by atoms with Crippen LogP contribution in [0.4, 0.5) is 18.0 Å². The zero-order valence-electron chi connectivity index (χ0n) is 20.3. The van der Waals surface area contributed by atoms with Crippen LogP contribution < -0.4 is 11.1 Å². The van der Waals surface area contributed by atoms with Crippen molar-refractivity contribution in [1.29, 1.82) is 0 Å². The number of amides is 3. The number of carbonyl (C=O) groups is 3. The molecule has 0 fully saturated rings. The molecule has 4 rings (SSSR count). The van der Waals surface area contributed by atoms with Gasteiger partial charge in [-0.2, -0.15) is 13.2 Å². The number of nitrogens with zero attached hydrogens (tertiary/aromatic N) is 1. The van der Waals surface area contributed by atoms with Crippen LogP contribution >= 0.6 is 0 Å². The Morgan fingerprint density at radius 2 is 1.61 bits per heavy atom. The van der Waals surface area contributed by atoms with Gasteiger partial charge >= 0.3 is 12.3 Å². The Morgan fingerprint density at radius 1 is 0.947 bits per heavy atom. The number of hydrogen-bond donors (Lipinski definition) is 2. The van der Waals surface area contributed by atoms with Gasteiger partial charge in [0, 0.05) is 12.8 Å². The highest BCUT2D eigenvalue weighted by Gasteiger charge is 2.37. The van der Waals surface area contributed by atoms with Crippen molar-refractivity contribution in [3.63, 3.8) is 0 Å². The number of carbonyl (C=O) groups excluding carboxylic acids is 3. The number of rotatable bonds is 7. The first-order chi connectivity index (χ1) is 18.1. The Morgan fingerprint density at radius 3 is 2.29 bits per heavy atom. The van der Waals surface area contributed by atoms with Crippen molar-refractivity contribution in [2.75, 3.05) is 0 Å². The Labute approximate surface area is 217 Å². The van der Waals surface area contributed by atoms with Crippen LogP contribution in [0.15, 0.2) is 78.9 Å². The summed E-state index contributed by atoms with van der Waals surface area (Å²) < 4.78 is 44.8. The molecule has 3 N–H and O–H groups in total. The fourth-order valence-electron chi connectivity index (χ4n) is 4.35. The fraction of sp³-hybridized carbons (Fsp3) is 0.250. The van der Waals surface area contributed by atoms with Crippen molar-refractivity contribution in [3.05, 3.63) is 107 Å². The highest BCUT2D eigenvalue weighted by atomic mass is 19.4. The predicted molar refractivity (Wildman–Crippen MR) is 132 cm³/mol. The molecule has 0 bridgehead atoms. The van der Waals surface area contributed by atoms with Crippen molar-refractivity contribution >= 4 is 17.9 Å². The minimum atomic E-state index is -4.56. The molecule has 1 heterocycles. The van der Waals surface area contributed by atoms with Gasteiger partial charge in [0.2, 0.25) is 11.8 Å². The second kappa shape index (κ2) is 11.4. The molecule has 0 radical (unpaired) electrons. The van der Waals surface area contributed by atoms with Crippen LogP contribution in [0.5, 0.6) is 0 Å². The number of fused-ring (bicyclic) bond motifs is 1. The van der Waals surface area contributed by atoms with Gasteiger partial charge < -0.3 is 15.8 Å². The Hall–Kier alpha value is -4.34. The van der Waals surface area contributed by atoms with Gasteiger partial charge in [0.1, 0.15) is 18.7 Å². The third kappa shape index (κ3) is 6.50. The Bertz CT molecular complexity index is 1310. The standard InChI is InChI=1S/C28H26F3N3O4/c29-28(30,31)22-12-6-9-19(13-22)14-23(25(32)35)33-26(36)24-15-20-10-4-5-11-21(20)16-34(24)27(37)38-17-18-7-2-1-3-8-18/h1-13,23-24H,14-17H2,(H2,32,35)(H,33,36)/t23-,24-/m0/s1.